The van der Waals surface area contributed by atoms with E-state index in [1.165, 1.54) is 9.13 Å². The predicted molar refractivity (Wildman–Crippen MR) is 128 cm³/mol. The predicted octanol–water partition coefficient (Wildman–Crippen LogP) is 3.22. The van der Waals surface area contributed by atoms with E-state index in [9.17, 15) is 9.59 Å². The van der Waals surface area contributed by atoms with Gasteiger partial charge in [0.25, 0.3) is 5.56 Å². The molecule has 3 aromatic heterocycles. The van der Waals surface area contributed by atoms with Crippen LogP contribution in [0.15, 0.2) is 64.3 Å². The maximum absolute atomic E-state index is 13.4. The number of imidazole rings is 2. The minimum absolute atomic E-state index is 0.150. The molecule has 33 heavy (non-hydrogen) atoms. The second-order valence-electron chi connectivity index (χ2n) is 8.02. The van der Waals surface area contributed by atoms with Gasteiger partial charge >= 0.3 is 5.69 Å². The zero-order valence-corrected chi connectivity index (χ0v) is 19.2. The molecule has 0 saturated heterocycles. The Morgan fingerprint density at radius 2 is 1.55 bits per heavy atom. The number of rotatable bonds is 5. The molecule has 5 aromatic rings. The van der Waals surface area contributed by atoms with E-state index in [2.05, 4.69) is 4.98 Å². The molecular weight excluding hydrogens is 442 g/mol. The third-order valence-corrected chi connectivity index (χ3v) is 6.15. The number of aryl methyl sites for hydroxylation is 2. The number of fused-ring (bicyclic) bond motifs is 3. The molecule has 0 radical (unpaired) electrons. The molecule has 0 unspecified atom stereocenters. The van der Waals surface area contributed by atoms with E-state index in [1.807, 2.05) is 42.0 Å². The van der Waals surface area contributed by atoms with Crippen LogP contribution in [0.25, 0.3) is 16.9 Å². The lowest BCUT2D eigenvalue weighted by molar-refractivity contribution is 0.414. The van der Waals surface area contributed by atoms with Gasteiger partial charge in [-0.3, -0.25) is 18.3 Å². The molecule has 3 heterocycles. The van der Waals surface area contributed by atoms with E-state index >= 15 is 0 Å². The Morgan fingerprint density at radius 3 is 2.18 bits per heavy atom. The van der Waals surface area contributed by atoms with Crippen molar-refractivity contribution in [2.45, 2.75) is 20.0 Å². The smallest absolute Gasteiger partial charge is 0.332 e. The summed E-state index contributed by atoms with van der Waals surface area (Å²) < 4.78 is 11.7. The van der Waals surface area contributed by atoms with Gasteiger partial charge in [-0.15, -0.1) is 0 Å². The van der Waals surface area contributed by atoms with Gasteiger partial charge in [-0.2, -0.15) is 4.98 Å². The molecule has 0 aliphatic heterocycles. The van der Waals surface area contributed by atoms with Crippen LogP contribution < -0.4 is 16.0 Å². The quantitative estimate of drug-likeness (QED) is 0.401. The van der Waals surface area contributed by atoms with Gasteiger partial charge in [0.05, 0.1) is 20.2 Å². The summed E-state index contributed by atoms with van der Waals surface area (Å²) in [5.74, 6) is 1.39. The molecule has 0 N–H and O–H groups in total. The molecule has 168 valence electrons. The van der Waals surface area contributed by atoms with E-state index in [0.717, 1.165) is 22.6 Å². The van der Waals surface area contributed by atoms with Gasteiger partial charge in [0.15, 0.2) is 11.2 Å². The topological polar surface area (TPSA) is 75.5 Å². The van der Waals surface area contributed by atoms with Gasteiger partial charge in [-0.25, -0.2) is 4.79 Å². The molecule has 9 heteroatoms. The highest BCUT2D eigenvalue weighted by Gasteiger charge is 2.20. The summed E-state index contributed by atoms with van der Waals surface area (Å²) in [5, 5.41) is 0.598. The van der Waals surface area contributed by atoms with E-state index in [0.29, 0.717) is 28.5 Å². The second kappa shape index (κ2) is 7.97. The van der Waals surface area contributed by atoms with E-state index in [-0.39, 0.29) is 12.1 Å². The largest absolute Gasteiger partial charge is 0.497 e. The van der Waals surface area contributed by atoms with Crippen LogP contribution in [0.2, 0.25) is 5.02 Å². The number of hydrogen-bond donors (Lipinski definition) is 0. The Labute approximate surface area is 193 Å². The van der Waals surface area contributed by atoms with Crippen molar-refractivity contribution in [1.29, 1.82) is 0 Å². The lowest BCUT2D eigenvalue weighted by Crippen LogP contribution is -2.39. The zero-order chi connectivity index (χ0) is 23.3. The van der Waals surface area contributed by atoms with Crippen LogP contribution in [0.5, 0.6) is 5.75 Å². The monoisotopic (exact) mass is 463 g/mol. The van der Waals surface area contributed by atoms with Crippen LogP contribution >= 0.6 is 11.6 Å². The number of halogens is 1. The Hall–Kier alpha value is -3.78. The third-order valence-electron chi connectivity index (χ3n) is 5.89. The number of benzene rings is 2. The molecule has 0 aliphatic rings. The van der Waals surface area contributed by atoms with E-state index in [4.69, 9.17) is 16.3 Å². The first-order valence-electron chi connectivity index (χ1n) is 10.4. The highest BCUT2D eigenvalue weighted by molar-refractivity contribution is 6.30. The molecule has 0 atom stereocenters. The van der Waals surface area contributed by atoms with E-state index in [1.54, 1.807) is 42.8 Å². The minimum atomic E-state index is -0.415. The van der Waals surface area contributed by atoms with Gasteiger partial charge in [0.1, 0.15) is 5.75 Å². The summed E-state index contributed by atoms with van der Waals surface area (Å²) in [6, 6.07) is 14.9. The lowest BCUT2D eigenvalue weighted by atomic mass is 10.2. The summed E-state index contributed by atoms with van der Waals surface area (Å²) in [6.07, 6.45) is 1.88. The van der Waals surface area contributed by atoms with Crippen molar-refractivity contribution in [2.75, 3.05) is 7.11 Å². The molecule has 5 rings (SSSR count). The van der Waals surface area contributed by atoms with Gasteiger partial charge in [-0.05, 0) is 42.3 Å². The fourth-order valence-electron chi connectivity index (χ4n) is 4.08. The van der Waals surface area contributed by atoms with Crippen molar-refractivity contribution in [1.82, 2.24) is 23.1 Å². The molecule has 0 spiro atoms. The first-order chi connectivity index (χ1) is 15.9. The van der Waals surface area contributed by atoms with Crippen molar-refractivity contribution >= 4 is 28.5 Å². The SMILES string of the molecule is COc1ccc(Cn2c(C)cn3c4c(=O)n(Cc5ccc(Cl)cc5)c(=O)n(C)c4nc23)cc1. The lowest BCUT2D eigenvalue weighted by Gasteiger charge is -2.08. The van der Waals surface area contributed by atoms with Crippen molar-refractivity contribution in [2.24, 2.45) is 7.05 Å². The van der Waals surface area contributed by atoms with Crippen LogP contribution in [0, 0.1) is 6.92 Å². The summed E-state index contributed by atoms with van der Waals surface area (Å²) in [6.45, 7) is 2.69. The van der Waals surface area contributed by atoms with Crippen LogP contribution in [-0.4, -0.2) is 30.2 Å². The summed E-state index contributed by atoms with van der Waals surface area (Å²) in [7, 11) is 3.27. The highest BCUT2D eigenvalue weighted by atomic mass is 35.5. The van der Waals surface area contributed by atoms with E-state index < -0.39 is 5.69 Å². The van der Waals surface area contributed by atoms with Gasteiger partial charge in [0, 0.05) is 24.0 Å². The molecule has 0 fully saturated rings. The molecule has 0 bridgehead atoms. The van der Waals surface area contributed by atoms with Crippen LogP contribution in [0.1, 0.15) is 16.8 Å². The van der Waals surface area contributed by atoms with Crippen LogP contribution in [0.3, 0.4) is 0 Å². The molecule has 0 amide bonds. The maximum atomic E-state index is 13.4. The fraction of sp³-hybridized carbons (Fsp3) is 0.208. The maximum Gasteiger partial charge on any atom is 0.332 e. The van der Waals surface area contributed by atoms with Crippen LogP contribution in [0.4, 0.5) is 0 Å². The molecule has 0 saturated carbocycles. The fourth-order valence-corrected chi connectivity index (χ4v) is 4.20. The number of nitrogens with zero attached hydrogens (tertiary/aromatic N) is 5. The van der Waals surface area contributed by atoms with Crippen LogP contribution in [-0.2, 0) is 20.1 Å². The molecule has 8 nitrogen and oxygen atoms in total. The second-order valence-corrected chi connectivity index (χ2v) is 8.45. The Bertz CT molecular complexity index is 1610. The summed E-state index contributed by atoms with van der Waals surface area (Å²) in [4.78, 5) is 31.1. The molecular formula is C24H22ClN5O3. The van der Waals surface area contributed by atoms with Gasteiger partial charge in [-0.1, -0.05) is 35.9 Å². The third kappa shape index (κ3) is 3.52. The average molecular weight is 464 g/mol. The molecule has 2 aromatic carbocycles. The Balaban J connectivity index is 1.66. The number of methoxy groups -OCH3 is 1. The van der Waals surface area contributed by atoms with Gasteiger partial charge in [0.2, 0.25) is 5.78 Å². The summed E-state index contributed by atoms with van der Waals surface area (Å²) in [5.41, 5.74) is 2.77. The van der Waals surface area contributed by atoms with Crippen molar-refractivity contribution in [3.63, 3.8) is 0 Å². The average Bonchev–Trinajstić information content (AvgIpc) is 3.33. The van der Waals surface area contributed by atoms with Gasteiger partial charge < -0.3 is 9.30 Å². The normalized spacial score (nSPS) is 11.5. The standard InChI is InChI=1S/C24H22ClN5O3/c1-15-12-29-20-21(26-23(29)28(15)13-17-6-10-19(33-3)11-7-17)27(2)24(32)30(22(20)31)14-16-4-8-18(25)9-5-16/h4-12H,13-14H2,1-3H3. The number of hydrogen-bond acceptors (Lipinski definition) is 4. The first-order valence-corrected chi connectivity index (χ1v) is 10.8. The number of aromatic nitrogens is 5. The molecule has 0 aliphatic carbocycles. The van der Waals surface area contributed by atoms with Crippen molar-refractivity contribution in [3.8, 4) is 5.75 Å². The minimum Gasteiger partial charge on any atom is -0.497 e. The van der Waals surface area contributed by atoms with Crippen molar-refractivity contribution in [3.05, 3.63) is 97.4 Å². The Morgan fingerprint density at radius 1 is 0.939 bits per heavy atom. The number of ether oxygens (including phenoxy) is 1. The van der Waals surface area contributed by atoms with Crippen molar-refractivity contribution < 1.29 is 4.74 Å². The first kappa shape index (κ1) is 21.1. The summed E-state index contributed by atoms with van der Waals surface area (Å²) >= 11 is 5.97. The highest BCUT2D eigenvalue weighted by Crippen LogP contribution is 2.19. The Kier molecular flexibility index (Phi) is 5.09. The zero-order valence-electron chi connectivity index (χ0n) is 18.4.